The van der Waals surface area contributed by atoms with Crippen molar-refractivity contribution in [3.63, 3.8) is 0 Å². The summed E-state index contributed by atoms with van der Waals surface area (Å²) in [4.78, 5) is 15.9. The summed E-state index contributed by atoms with van der Waals surface area (Å²) in [5.74, 6) is -0.320. The van der Waals surface area contributed by atoms with Gasteiger partial charge in [-0.3, -0.25) is 4.98 Å². The predicted molar refractivity (Wildman–Crippen MR) is 89.4 cm³/mol. The molecule has 2 aromatic rings. The average Bonchev–Trinajstić information content (AvgIpc) is 2.48. The highest BCUT2D eigenvalue weighted by Crippen LogP contribution is 2.24. The molecule has 1 heterocycles. The van der Waals surface area contributed by atoms with E-state index in [2.05, 4.69) is 42.2 Å². The number of aromatic nitrogens is 1. The van der Waals surface area contributed by atoms with E-state index in [4.69, 9.17) is 4.74 Å². The molecule has 6 heteroatoms. The van der Waals surface area contributed by atoms with Crippen molar-refractivity contribution < 1.29 is 9.53 Å². The maximum Gasteiger partial charge on any atom is 0.338 e. The number of hydrogen-bond acceptors (Lipinski definition) is 4. The summed E-state index contributed by atoms with van der Waals surface area (Å²) in [6.07, 6.45) is 1.76. The molecule has 1 aromatic carbocycles. The van der Waals surface area contributed by atoms with Crippen LogP contribution in [-0.2, 0) is 11.3 Å². The summed E-state index contributed by atoms with van der Waals surface area (Å²) in [6, 6.07) is 9.21. The molecular weight excluding hydrogens is 400 g/mol. The summed E-state index contributed by atoms with van der Waals surface area (Å²) < 4.78 is 6.73. The number of anilines is 1. The molecule has 0 saturated carbocycles. The number of halogens is 2. The van der Waals surface area contributed by atoms with Gasteiger partial charge in [0.25, 0.3) is 0 Å². The molecule has 1 N–H and O–H groups in total. The number of pyridine rings is 1. The fourth-order valence-electron chi connectivity index (χ4n) is 1.70. The van der Waals surface area contributed by atoms with Crippen molar-refractivity contribution >= 4 is 43.5 Å². The average molecular weight is 414 g/mol. The van der Waals surface area contributed by atoms with Gasteiger partial charge >= 0.3 is 5.97 Å². The molecule has 0 fully saturated rings. The summed E-state index contributed by atoms with van der Waals surface area (Å²) >= 11 is 6.81. The number of hydrogen-bond donors (Lipinski definition) is 1. The van der Waals surface area contributed by atoms with Crippen LogP contribution in [0.15, 0.2) is 45.5 Å². The molecule has 0 spiro atoms. The Labute approximate surface area is 140 Å². The lowest BCUT2D eigenvalue weighted by Gasteiger charge is -2.10. The zero-order valence-corrected chi connectivity index (χ0v) is 14.6. The maximum atomic E-state index is 11.6. The molecule has 21 heavy (non-hydrogen) atoms. The lowest BCUT2D eigenvalue weighted by molar-refractivity contribution is 0.0526. The topological polar surface area (TPSA) is 51.2 Å². The third-order valence-electron chi connectivity index (χ3n) is 2.73. The summed E-state index contributed by atoms with van der Waals surface area (Å²) in [5.41, 5.74) is 2.35. The van der Waals surface area contributed by atoms with Crippen LogP contribution in [-0.4, -0.2) is 17.6 Å². The lowest BCUT2D eigenvalue weighted by atomic mass is 10.2. The van der Waals surface area contributed by atoms with Gasteiger partial charge in [0.1, 0.15) is 0 Å². The minimum Gasteiger partial charge on any atom is -0.462 e. The van der Waals surface area contributed by atoms with Crippen LogP contribution in [0, 0.1) is 0 Å². The minimum atomic E-state index is -0.320. The first-order valence-electron chi connectivity index (χ1n) is 6.41. The number of carbonyl (C=O) groups is 1. The van der Waals surface area contributed by atoms with Crippen LogP contribution < -0.4 is 5.32 Å². The Morgan fingerprint density at radius 3 is 2.71 bits per heavy atom. The normalized spacial score (nSPS) is 10.2. The second-order valence-electron chi connectivity index (χ2n) is 4.24. The smallest absolute Gasteiger partial charge is 0.338 e. The Morgan fingerprint density at radius 1 is 1.29 bits per heavy atom. The molecular formula is C15H14Br2N2O2. The van der Waals surface area contributed by atoms with Gasteiger partial charge in [-0.1, -0.05) is 0 Å². The van der Waals surface area contributed by atoms with Gasteiger partial charge in [0, 0.05) is 20.8 Å². The number of benzene rings is 1. The van der Waals surface area contributed by atoms with Gasteiger partial charge in [-0.05, 0) is 69.1 Å². The van der Waals surface area contributed by atoms with Gasteiger partial charge in [-0.2, -0.15) is 0 Å². The Morgan fingerprint density at radius 2 is 2.10 bits per heavy atom. The standard InChI is InChI=1S/C15H14Br2N2O2/c1-2-21-15(20)10-3-6-14(13(17)7-10)19-9-12-5-4-11(16)8-18-12/h3-8,19H,2,9H2,1H3. The zero-order valence-electron chi connectivity index (χ0n) is 11.4. The van der Waals surface area contributed by atoms with Crippen LogP contribution >= 0.6 is 31.9 Å². The van der Waals surface area contributed by atoms with Crippen molar-refractivity contribution in [1.82, 2.24) is 4.98 Å². The highest BCUT2D eigenvalue weighted by atomic mass is 79.9. The molecule has 0 bridgehead atoms. The van der Waals surface area contributed by atoms with Crippen molar-refractivity contribution in [2.24, 2.45) is 0 Å². The minimum absolute atomic E-state index is 0.320. The summed E-state index contributed by atoms with van der Waals surface area (Å²) in [7, 11) is 0. The van der Waals surface area contributed by atoms with Gasteiger partial charge in [-0.25, -0.2) is 4.79 Å². The van der Waals surface area contributed by atoms with Crippen LogP contribution in [0.1, 0.15) is 23.0 Å². The highest BCUT2D eigenvalue weighted by Gasteiger charge is 2.09. The van der Waals surface area contributed by atoms with E-state index in [9.17, 15) is 4.79 Å². The van der Waals surface area contributed by atoms with Crippen molar-refractivity contribution in [3.05, 3.63) is 56.7 Å². The molecule has 0 unspecified atom stereocenters. The Kier molecular flexibility index (Phi) is 5.76. The van der Waals surface area contributed by atoms with Crippen molar-refractivity contribution in [2.75, 3.05) is 11.9 Å². The zero-order chi connectivity index (χ0) is 15.2. The molecule has 110 valence electrons. The molecule has 0 saturated heterocycles. The van der Waals surface area contributed by atoms with E-state index in [1.165, 1.54) is 0 Å². The van der Waals surface area contributed by atoms with Crippen LogP contribution in [0.3, 0.4) is 0 Å². The van der Waals surface area contributed by atoms with Gasteiger partial charge in [-0.15, -0.1) is 0 Å². The predicted octanol–water partition coefficient (Wildman–Crippen LogP) is 4.40. The molecule has 0 aliphatic carbocycles. The van der Waals surface area contributed by atoms with Gasteiger partial charge in [0.15, 0.2) is 0 Å². The third kappa shape index (κ3) is 4.54. The molecule has 0 aliphatic heterocycles. The van der Waals surface area contributed by atoms with E-state index >= 15 is 0 Å². The summed E-state index contributed by atoms with van der Waals surface area (Å²) in [6.45, 7) is 2.75. The fraction of sp³-hybridized carbons (Fsp3) is 0.200. The highest BCUT2D eigenvalue weighted by molar-refractivity contribution is 9.10. The van der Waals surface area contributed by atoms with E-state index in [1.54, 1.807) is 25.3 Å². The van der Waals surface area contributed by atoms with Crippen LogP contribution in [0.5, 0.6) is 0 Å². The van der Waals surface area contributed by atoms with Crippen LogP contribution in [0.25, 0.3) is 0 Å². The van der Waals surface area contributed by atoms with E-state index in [0.29, 0.717) is 18.7 Å². The molecule has 1 aromatic heterocycles. The quantitative estimate of drug-likeness (QED) is 0.738. The molecule has 0 amide bonds. The molecule has 4 nitrogen and oxygen atoms in total. The monoisotopic (exact) mass is 412 g/mol. The SMILES string of the molecule is CCOC(=O)c1ccc(NCc2ccc(Br)cn2)c(Br)c1. The van der Waals surface area contributed by atoms with Crippen LogP contribution in [0.2, 0.25) is 0 Å². The first-order chi connectivity index (χ1) is 10.1. The second kappa shape index (κ2) is 7.56. The Bertz CT molecular complexity index is 630. The van der Waals surface area contributed by atoms with E-state index in [-0.39, 0.29) is 5.97 Å². The second-order valence-corrected chi connectivity index (χ2v) is 6.01. The number of nitrogens with one attached hydrogen (secondary N) is 1. The van der Waals surface area contributed by atoms with Gasteiger partial charge < -0.3 is 10.1 Å². The molecule has 0 aliphatic rings. The molecule has 0 atom stereocenters. The lowest BCUT2D eigenvalue weighted by Crippen LogP contribution is -2.06. The van der Waals surface area contributed by atoms with E-state index in [0.717, 1.165) is 20.3 Å². The first-order valence-corrected chi connectivity index (χ1v) is 7.99. The van der Waals surface area contributed by atoms with Gasteiger partial charge in [0.05, 0.1) is 24.4 Å². The number of nitrogens with zero attached hydrogens (tertiary/aromatic N) is 1. The van der Waals surface area contributed by atoms with E-state index in [1.807, 2.05) is 18.2 Å². The summed E-state index contributed by atoms with van der Waals surface area (Å²) in [5, 5.41) is 3.27. The largest absolute Gasteiger partial charge is 0.462 e. The number of ether oxygens (including phenoxy) is 1. The van der Waals surface area contributed by atoms with E-state index < -0.39 is 0 Å². The maximum absolute atomic E-state index is 11.6. The Balaban J connectivity index is 2.04. The van der Waals surface area contributed by atoms with Crippen molar-refractivity contribution in [1.29, 1.82) is 0 Å². The van der Waals surface area contributed by atoms with Crippen LogP contribution in [0.4, 0.5) is 5.69 Å². The van der Waals surface area contributed by atoms with Crippen molar-refractivity contribution in [2.45, 2.75) is 13.5 Å². The fourth-order valence-corrected chi connectivity index (χ4v) is 2.45. The van der Waals surface area contributed by atoms with Gasteiger partial charge in [0.2, 0.25) is 0 Å². The Hall–Kier alpha value is -1.40. The number of carbonyl (C=O) groups excluding carboxylic acids is 1. The number of rotatable bonds is 5. The first kappa shape index (κ1) is 16.0. The van der Waals surface area contributed by atoms with Crippen molar-refractivity contribution in [3.8, 4) is 0 Å². The number of esters is 1. The molecule has 2 rings (SSSR count). The molecule has 0 radical (unpaired) electrons. The third-order valence-corrected chi connectivity index (χ3v) is 3.85.